The average Bonchev–Trinajstić information content (AvgIpc) is 2.37. The molecule has 0 aromatic heterocycles. The molecule has 2 N–H and O–H groups in total. The van der Waals surface area contributed by atoms with Crippen molar-refractivity contribution in [1.82, 2.24) is 0 Å². The Morgan fingerprint density at radius 1 is 0.667 bits per heavy atom. The Balaban J connectivity index is 2.67. The molecule has 0 saturated carbocycles. The number of aromatic hydroxyl groups is 2. The first-order chi connectivity index (χ1) is 9.64. The van der Waals surface area contributed by atoms with E-state index in [9.17, 15) is 10.2 Å². The zero-order valence-corrected chi connectivity index (χ0v) is 17.6. The highest BCUT2D eigenvalue weighted by atomic mass is 79.9. The van der Waals surface area contributed by atoms with E-state index in [1.54, 1.807) is 12.1 Å². The topological polar surface area (TPSA) is 40.5 Å². The minimum atomic E-state index is -0.343. The van der Waals surface area contributed by atoms with Crippen LogP contribution in [0.3, 0.4) is 0 Å². The van der Waals surface area contributed by atoms with Crippen LogP contribution in [-0.2, 0) is 5.41 Å². The SMILES string of the molecule is CC(C)(c1cc(Br)c(O)cc1Br)c1cc(Br)c(O)cc1Br. The Morgan fingerprint density at radius 2 is 1.00 bits per heavy atom. The Bertz CT molecular complexity index is 652. The van der Waals surface area contributed by atoms with E-state index in [1.807, 2.05) is 12.1 Å². The molecule has 2 aromatic rings. The van der Waals surface area contributed by atoms with Gasteiger partial charge in [-0.1, -0.05) is 45.7 Å². The number of hydrogen-bond acceptors (Lipinski definition) is 2. The van der Waals surface area contributed by atoms with Crippen molar-refractivity contribution in [3.8, 4) is 11.5 Å². The average molecular weight is 544 g/mol. The summed E-state index contributed by atoms with van der Waals surface area (Å²) >= 11 is 13.7. The number of phenolic OH excluding ortho intramolecular Hbond substituents is 2. The Morgan fingerprint density at radius 3 is 1.33 bits per heavy atom. The third-order valence-electron chi connectivity index (χ3n) is 3.42. The van der Waals surface area contributed by atoms with Gasteiger partial charge in [-0.05, 0) is 67.3 Å². The highest BCUT2D eigenvalue weighted by Gasteiger charge is 2.29. The standard InChI is InChI=1S/C15H12Br4O2/c1-15(2,7-3-11(18)13(20)5-9(7)16)8-4-12(19)14(21)6-10(8)17/h3-6,20-21H,1-2H3. The van der Waals surface area contributed by atoms with E-state index in [2.05, 4.69) is 77.6 Å². The Hall–Kier alpha value is -0.0400. The van der Waals surface area contributed by atoms with Gasteiger partial charge in [-0.3, -0.25) is 0 Å². The van der Waals surface area contributed by atoms with Crippen LogP contribution in [-0.4, -0.2) is 10.2 Å². The quantitative estimate of drug-likeness (QED) is 0.456. The Labute approximate surface area is 157 Å². The van der Waals surface area contributed by atoms with Crippen LogP contribution in [0.2, 0.25) is 0 Å². The molecule has 0 amide bonds. The van der Waals surface area contributed by atoms with Gasteiger partial charge in [-0.2, -0.15) is 0 Å². The van der Waals surface area contributed by atoms with Gasteiger partial charge in [0.2, 0.25) is 0 Å². The van der Waals surface area contributed by atoms with Gasteiger partial charge in [0, 0.05) is 14.4 Å². The van der Waals surface area contributed by atoms with Gasteiger partial charge in [0.15, 0.2) is 0 Å². The van der Waals surface area contributed by atoms with Gasteiger partial charge < -0.3 is 10.2 Å². The summed E-state index contributed by atoms with van der Waals surface area (Å²) in [7, 11) is 0. The van der Waals surface area contributed by atoms with E-state index in [4.69, 9.17) is 0 Å². The van der Waals surface area contributed by atoms with E-state index in [0.29, 0.717) is 8.95 Å². The first-order valence-corrected chi connectivity index (χ1v) is 9.18. The zero-order valence-electron chi connectivity index (χ0n) is 11.2. The molecule has 0 unspecified atom stereocenters. The molecule has 0 spiro atoms. The summed E-state index contributed by atoms with van der Waals surface area (Å²) in [5.41, 5.74) is 1.69. The van der Waals surface area contributed by atoms with Crippen molar-refractivity contribution >= 4 is 63.7 Å². The number of phenols is 2. The van der Waals surface area contributed by atoms with Crippen LogP contribution in [0.15, 0.2) is 42.2 Å². The second-order valence-corrected chi connectivity index (χ2v) is 8.61. The minimum absolute atomic E-state index is 0.187. The van der Waals surface area contributed by atoms with Gasteiger partial charge in [0.05, 0.1) is 8.95 Å². The van der Waals surface area contributed by atoms with Crippen LogP contribution in [0.4, 0.5) is 0 Å². The first-order valence-electron chi connectivity index (χ1n) is 6.01. The Kier molecular flexibility index (Phi) is 5.13. The number of rotatable bonds is 2. The molecule has 0 radical (unpaired) electrons. The fourth-order valence-electron chi connectivity index (χ4n) is 2.18. The van der Waals surface area contributed by atoms with Crippen molar-refractivity contribution in [2.45, 2.75) is 19.3 Å². The largest absolute Gasteiger partial charge is 0.507 e. The second-order valence-electron chi connectivity index (χ2n) is 5.19. The third-order valence-corrected chi connectivity index (χ3v) is 6.00. The molecule has 21 heavy (non-hydrogen) atoms. The monoisotopic (exact) mass is 540 g/mol. The maximum absolute atomic E-state index is 9.77. The van der Waals surface area contributed by atoms with Crippen LogP contribution >= 0.6 is 63.7 Å². The normalized spacial score (nSPS) is 11.7. The summed E-state index contributed by atoms with van der Waals surface area (Å²) in [5.74, 6) is 0.375. The zero-order chi connectivity index (χ0) is 15.9. The van der Waals surface area contributed by atoms with Gasteiger partial charge in [0.1, 0.15) is 11.5 Å². The van der Waals surface area contributed by atoms with Crippen LogP contribution < -0.4 is 0 Å². The lowest BCUT2D eigenvalue weighted by Crippen LogP contribution is -2.20. The number of hydrogen-bond donors (Lipinski definition) is 2. The van der Waals surface area contributed by atoms with Crippen molar-refractivity contribution in [1.29, 1.82) is 0 Å². The van der Waals surface area contributed by atoms with E-state index in [1.165, 1.54) is 0 Å². The summed E-state index contributed by atoms with van der Waals surface area (Å²) in [6.45, 7) is 4.17. The maximum Gasteiger partial charge on any atom is 0.130 e. The molecule has 2 aromatic carbocycles. The predicted octanol–water partition coefficient (Wildman–Crippen LogP) is 6.47. The molecule has 0 bridgehead atoms. The molecule has 0 aliphatic heterocycles. The smallest absolute Gasteiger partial charge is 0.130 e. The van der Waals surface area contributed by atoms with E-state index in [-0.39, 0.29) is 16.9 Å². The predicted molar refractivity (Wildman–Crippen MR) is 99.1 cm³/mol. The molecule has 0 atom stereocenters. The second kappa shape index (κ2) is 6.22. The summed E-state index contributed by atoms with van der Waals surface area (Å²) in [6.07, 6.45) is 0. The number of benzene rings is 2. The summed E-state index contributed by atoms with van der Waals surface area (Å²) in [4.78, 5) is 0. The lowest BCUT2D eigenvalue weighted by molar-refractivity contribution is 0.469. The molecule has 0 fully saturated rings. The molecule has 6 heteroatoms. The minimum Gasteiger partial charge on any atom is -0.507 e. The van der Waals surface area contributed by atoms with Crippen LogP contribution in [0, 0.1) is 0 Å². The van der Waals surface area contributed by atoms with Crippen molar-refractivity contribution in [2.75, 3.05) is 0 Å². The highest BCUT2D eigenvalue weighted by molar-refractivity contribution is 9.11. The molecule has 2 nitrogen and oxygen atoms in total. The van der Waals surface area contributed by atoms with Gasteiger partial charge in [0.25, 0.3) is 0 Å². The van der Waals surface area contributed by atoms with Crippen molar-refractivity contribution in [3.63, 3.8) is 0 Å². The fourth-order valence-corrected chi connectivity index (χ4v) is 4.52. The molecule has 0 aliphatic rings. The molecule has 2 rings (SSSR count). The van der Waals surface area contributed by atoms with Crippen molar-refractivity contribution in [2.24, 2.45) is 0 Å². The molecule has 0 heterocycles. The van der Waals surface area contributed by atoms with Crippen molar-refractivity contribution < 1.29 is 10.2 Å². The van der Waals surface area contributed by atoms with E-state index >= 15 is 0 Å². The highest BCUT2D eigenvalue weighted by Crippen LogP contribution is 2.44. The summed E-state index contributed by atoms with van der Waals surface area (Å²) in [6, 6.07) is 7.13. The van der Waals surface area contributed by atoms with Gasteiger partial charge >= 0.3 is 0 Å². The van der Waals surface area contributed by atoms with E-state index in [0.717, 1.165) is 20.1 Å². The molecular formula is C15H12Br4O2. The first kappa shape index (κ1) is 17.3. The lowest BCUT2D eigenvalue weighted by atomic mass is 9.78. The van der Waals surface area contributed by atoms with Crippen LogP contribution in [0.1, 0.15) is 25.0 Å². The molecule has 0 saturated heterocycles. The van der Waals surface area contributed by atoms with E-state index < -0.39 is 0 Å². The lowest BCUT2D eigenvalue weighted by Gasteiger charge is -2.29. The fraction of sp³-hybridized carbons (Fsp3) is 0.200. The van der Waals surface area contributed by atoms with Crippen LogP contribution in [0.5, 0.6) is 11.5 Å². The third kappa shape index (κ3) is 3.33. The molecular weight excluding hydrogens is 532 g/mol. The van der Waals surface area contributed by atoms with Crippen molar-refractivity contribution in [3.05, 3.63) is 53.3 Å². The van der Waals surface area contributed by atoms with Gasteiger partial charge in [-0.15, -0.1) is 0 Å². The van der Waals surface area contributed by atoms with Gasteiger partial charge in [-0.25, -0.2) is 0 Å². The number of halogens is 4. The molecule has 0 aliphatic carbocycles. The summed E-state index contributed by atoms with van der Waals surface area (Å²) < 4.78 is 2.93. The summed E-state index contributed by atoms with van der Waals surface area (Å²) in [5, 5.41) is 19.5. The van der Waals surface area contributed by atoms with Crippen LogP contribution in [0.25, 0.3) is 0 Å². The maximum atomic E-state index is 9.77. The molecule has 112 valence electrons.